The number of H-pyrrole nitrogens is 2. The van der Waals surface area contributed by atoms with Gasteiger partial charge in [-0.2, -0.15) is 0 Å². The molecule has 0 saturated carbocycles. The topological polar surface area (TPSA) is 90.8 Å². The molecular weight excluding hydrogens is 358 g/mol. The predicted molar refractivity (Wildman–Crippen MR) is 111 cm³/mol. The number of fused-ring (bicyclic) bond motifs is 2. The number of hydrogen-bond acceptors (Lipinski definition) is 5. The minimum atomic E-state index is -0.211. The summed E-state index contributed by atoms with van der Waals surface area (Å²) in [7, 11) is 2.17. The van der Waals surface area contributed by atoms with Gasteiger partial charge in [0.2, 0.25) is 0 Å². The first-order chi connectivity index (χ1) is 13.1. The molecular formula is C20H21N5OS. The summed E-state index contributed by atoms with van der Waals surface area (Å²) in [5, 5.41) is 2.79. The third kappa shape index (κ3) is 2.74. The highest BCUT2D eigenvalue weighted by Crippen LogP contribution is 2.32. The van der Waals surface area contributed by atoms with E-state index in [9.17, 15) is 4.79 Å². The predicted octanol–water partition coefficient (Wildman–Crippen LogP) is 3.52. The fourth-order valence-corrected chi connectivity index (χ4v) is 4.81. The molecule has 0 spiro atoms. The summed E-state index contributed by atoms with van der Waals surface area (Å²) in [6, 6.07) is 8.31. The summed E-state index contributed by atoms with van der Waals surface area (Å²) in [5.41, 5.74) is 10.1. The maximum Gasteiger partial charge on any atom is 0.262 e. The summed E-state index contributed by atoms with van der Waals surface area (Å²) < 4.78 is 0. The van der Waals surface area contributed by atoms with E-state index in [2.05, 4.69) is 39.0 Å². The van der Waals surface area contributed by atoms with Crippen LogP contribution in [0.1, 0.15) is 24.3 Å². The number of anilines is 1. The van der Waals surface area contributed by atoms with Crippen molar-refractivity contribution in [2.24, 2.45) is 0 Å². The average Bonchev–Trinajstić information content (AvgIpc) is 3.28. The molecule has 138 valence electrons. The van der Waals surface area contributed by atoms with Crippen LogP contribution in [0.15, 0.2) is 34.4 Å². The standard InChI is InChI=1S/C20H21N5OS/c1-25-7-4-11(5-8-25)12-2-3-14-15(10-12)23-18(22-14)16-17(21)13-6-9-27-20(13)24-19(16)26/h2-3,6,9-11H,4-5,7-8H2,1H3,(H,22,23)(H3,21,24,26). The van der Waals surface area contributed by atoms with Crippen LogP contribution in [0.2, 0.25) is 0 Å². The number of hydrogen-bond donors (Lipinski definition) is 3. The van der Waals surface area contributed by atoms with E-state index in [0.717, 1.165) is 34.3 Å². The first kappa shape index (κ1) is 16.5. The molecule has 1 saturated heterocycles. The van der Waals surface area contributed by atoms with E-state index in [-0.39, 0.29) is 5.56 Å². The second kappa shape index (κ2) is 6.21. The molecule has 1 fully saturated rings. The lowest BCUT2D eigenvalue weighted by atomic mass is 9.89. The minimum absolute atomic E-state index is 0.211. The normalized spacial score (nSPS) is 16.5. The molecule has 3 aromatic heterocycles. The number of thiophene rings is 1. The summed E-state index contributed by atoms with van der Waals surface area (Å²) in [5.74, 6) is 1.10. The third-order valence-corrected chi connectivity index (χ3v) is 6.44. The highest BCUT2D eigenvalue weighted by atomic mass is 32.1. The maximum atomic E-state index is 12.6. The third-order valence-electron chi connectivity index (χ3n) is 5.61. The van der Waals surface area contributed by atoms with Crippen molar-refractivity contribution in [2.45, 2.75) is 18.8 Å². The number of nitrogens with one attached hydrogen (secondary N) is 2. The van der Waals surface area contributed by atoms with E-state index in [0.29, 0.717) is 23.0 Å². The van der Waals surface area contributed by atoms with Gasteiger partial charge in [0.15, 0.2) is 0 Å². The molecule has 0 bridgehead atoms. The molecule has 4 aromatic rings. The van der Waals surface area contributed by atoms with Crippen molar-refractivity contribution in [2.75, 3.05) is 25.9 Å². The van der Waals surface area contributed by atoms with E-state index in [1.54, 1.807) is 0 Å². The molecule has 6 nitrogen and oxygen atoms in total. The number of pyridine rings is 1. The van der Waals surface area contributed by atoms with Gasteiger partial charge < -0.3 is 20.6 Å². The molecule has 0 aliphatic carbocycles. The average molecular weight is 379 g/mol. The number of benzene rings is 1. The second-order valence-corrected chi connectivity index (χ2v) is 8.26. The van der Waals surface area contributed by atoms with Gasteiger partial charge in [-0.1, -0.05) is 6.07 Å². The SMILES string of the molecule is CN1CCC(c2ccc3nc(-c4c(N)c5ccsc5[nH]c4=O)[nH]c3c2)CC1. The number of piperidine rings is 1. The van der Waals surface area contributed by atoms with Gasteiger partial charge >= 0.3 is 0 Å². The number of nitrogen functional groups attached to an aromatic ring is 1. The maximum absolute atomic E-state index is 12.6. The van der Waals surface area contributed by atoms with Crippen LogP contribution < -0.4 is 11.3 Å². The summed E-state index contributed by atoms with van der Waals surface area (Å²) >= 11 is 1.47. The molecule has 0 amide bonds. The van der Waals surface area contributed by atoms with Gasteiger partial charge in [-0.25, -0.2) is 4.98 Å². The fourth-order valence-electron chi connectivity index (χ4n) is 4.02. The number of rotatable bonds is 2. The van der Waals surface area contributed by atoms with Crippen LogP contribution in [0.3, 0.4) is 0 Å². The lowest BCUT2D eigenvalue weighted by Gasteiger charge is -2.29. The zero-order chi connectivity index (χ0) is 18.5. The minimum Gasteiger partial charge on any atom is -0.397 e. The van der Waals surface area contributed by atoms with Crippen LogP contribution in [0.5, 0.6) is 0 Å². The van der Waals surface area contributed by atoms with E-state index in [1.807, 2.05) is 17.5 Å². The number of nitrogens with zero attached hydrogens (tertiary/aromatic N) is 2. The molecule has 0 atom stereocenters. The van der Waals surface area contributed by atoms with Crippen LogP contribution in [0, 0.1) is 0 Å². The summed E-state index contributed by atoms with van der Waals surface area (Å²) in [6.07, 6.45) is 2.34. The van der Waals surface area contributed by atoms with Gasteiger partial charge in [0.1, 0.15) is 16.2 Å². The Bertz CT molecular complexity index is 1200. The Morgan fingerprint density at radius 3 is 2.85 bits per heavy atom. The number of imidazole rings is 1. The van der Waals surface area contributed by atoms with Crippen molar-refractivity contribution in [1.82, 2.24) is 19.9 Å². The molecule has 7 heteroatoms. The smallest absolute Gasteiger partial charge is 0.262 e. The second-order valence-electron chi connectivity index (χ2n) is 7.35. The molecule has 4 N–H and O–H groups in total. The van der Waals surface area contributed by atoms with E-state index < -0.39 is 0 Å². The van der Waals surface area contributed by atoms with Gasteiger partial charge in [-0.05, 0) is 68.0 Å². The van der Waals surface area contributed by atoms with Crippen LogP contribution in [-0.4, -0.2) is 40.0 Å². The number of nitrogens with two attached hydrogens (primary N) is 1. The van der Waals surface area contributed by atoms with Gasteiger partial charge in [-0.3, -0.25) is 4.79 Å². The van der Waals surface area contributed by atoms with E-state index in [1.165, 1.54) is 29.7 Å². The number of aromatic nitrogens is 3. The first-order valence-corrected chi connectivity index (χ1v) is 10.1. The van der Waals surface area contributed by atoms with Gasteiger partial charge in [0.05, 0.1) is 16.7 Å². The summed E-state index contributed by atoms with van der Waals surface area (Å²) in [6.45, 7) is 2.26. The molecule has 1 aromatic carbocycles. The van der Waals surface area contributed by atoms with Crippen LogP contribution in [0.25, 0.3) is 32.6 Å². The Kier molecular flexibility index (Phi) is 3.80. The zero-order valence-corrected chi connectivity index (χ0v) is 15.9. The molecule has 1 aliphatic heterocycles. The molecule has 5 rings (SSSR count). The van der Waals surface area contributed by atoms with Crippen molar-refractivity contribution in [3.05, 3.63) is 45.6 Å². The molecule has 1 aliphatic rings. The number of aromatic amines is 2. The Morgan fingerprint density at radius 1 is 1.22 bits per heavy atom. The monoisotopic (exact) mass is 379 g/mol. The highest BCUT2D eigenvalue weighted by molar-refractivity contribution is 7.16. The Morgan fingerprint density at radius 2 is 2.04 bits per heavy atom. The van der Waals surface area contributed by atoms with Crippen molar-refractivity contribution in [1.29, 1.82) is 0 Å². The van der Waals surface area contributed by atoms with Crippen molar-refractivity contribution < 1.29 is 0 Å². The van der Waals surface area contributed by atoms with Gasteiger partial charge in [0, 0.05) is 5.39 Å². The van der Waals surface area contributed by atoms with Crippen LogP contribution in [0.4, 0.5) is 5.69 Å². The summed E-state index contributed by atoms with van der Waals surface area (Å²) in [4.78, 5) is 26.6. The first-order valence-electron chi connectivity index (χ1n) is 9.17. The Labute approximate surface area is 160 Å². The van der Waals surface area contributed by atoms with Crippen molar-refractivity contribution in [3.8, 4) is 11.4 Å². The Hall–Kier alpha value is -2.64. The fraction of sp³-hybridized carbons (Fsp3) is 0.300. The Balaban J connectivity index is 1.58. The van der Waals surface area contributed by atoms with Crippen molar-refractivity contribution >= 4 is 38.3 Å². The van der Waals surface area contributed by atoms with Crippen LogP contribution in [-0.2, 0) is 0 Å². The van der Waals surface area contributed by atoms with E-state index in [4.69, 9.17) is 5.73 Å². The van der Waals surface area contributed by atoms with Gasteiger partial charge in [0.25, 0.3) is 5.56 Å². The quantitative estimate of drug-likeness (QED) is 0.497. The highest BCUT2D eigenvalue weighted by Gasteiger charge is 2.20. The molecule has 0 radical (unpaired) electrons. The zero-order valence-electron chi connectivity index (χ0n) is 15.1. The molecule has 27 heavy (non-hydrogen) atoms. The van der Waals surface area contributed by atoms with E-state index >= 15 is 0 Å². The van der Waals surface area contributed by atoms with Gasteiger partial charge in [-0.15, -0.1) is 11.3 Å². The molecule has 4 heterocycles. The lowest BCUT2D eigenvalue weighted by Crippen LogP contribution is -2.29. The van der Waals surface area contributed by atoms with Crippen LogP contribution >= 0.6 is 11.3 Å². The number of likely N-dealkylation sites (tertiary alicyclic amines) is 1. The van der Waals surface area contributed by atoms with Crippen molar-refractivity contribution in [3.63, 3.8) is 0 Å². The largest absolute Gasteiger partial charge is 0.397 e. The lowest BCUT2D eigenvalue weighted by molar-refractivity contribution is 0.255. The molecule has 0 unspecified atom stereocenters.